The first-order valence-corrected chi connectivity index (χ1v) is 10.2. The van der Waals surface area contributed by atoms with Crippen LogP contribution in [0.4, 0.5) is 0 Å². The van der Waals surface area contributed by atoms with Gasteiger partial charge in [0.1, 0.15) is 10.8 Å². The third-order valence-electron chi connectivity index (χ3n) is 4.49. The normalized spacial score (nSPS) is 24.9. The zero-order chi connectivity index (χ0) is 19.1. The zero-order valence-corrected chi connectivity index (χ0v) is 16.2. The first-order chi connectivity index (χ1) is 12.2. The Kier molecular flexibility index (Phi) is 5.05. The number of carbonyl (C=O) groups excluding carboxylic acids is 1. The summed E-state index contributed by atoms with van der Waals surface area (Å²) >= 11 is 11.9. The highest BCUT2D eigenvalue weighted by Crippen LogP contribution is 2.56. The van der Waals surface area contributed by atoms with E-state index in [9.17, 15) is 13.2 Å². The van der Waals surface area contributed by atoms with Gasteiger partial charge in [-0.15, -0.1) is 0 Å². The molecule has 0 aliphatic heterocycles. The van der Waals surface area contributed by atoms with Crippen molar-refractivity contribution in [2.45, 2.75) is 28.5 Å². The van der Waals surface area contributed by atoms with E-state index in [1.165, 1.54) is 24.3 Å². The molecule has 1 aliphatic rings. The molecule has 0 heterocycles. The Morgan fingerprint density at radius 2 is 1.81 bits per heavy atom. The Morgan fingerprint density at radius 1 is 1.15 bits per heavy atom. The molecule has 3 atom stereocenters. The highest BCUT2D eigenvalue weighted by atomic mass is 35.5. The van der Waals surface area contributed by atoms with E-state index < -0.39 is 32.5 Å². The Hall–Kier alpha value is -1.60. The van der Waals surface area contributed by atoms with E-state index >= 15 is 0 Å². The van der Waals surface area contributed by atoms with Crippen LogP contribution in [0.3, 0.4) is 0 Å². The quantitative estimate of drug-likeness (QED) is 0.760. The van der Waals surface area contributed by atoms with Crippen LogP contribution in [0.2, 0.25) is 10.0 Å². The summed E-state index contributed by atoms with van der Waals surface area (Å²) in [6.45, 7) is 1.74. The summed E-state index contributed by atoms with van der Waals surface area (Å²) in [5, 5.41) is -0.299. The number of rotatable bonds is 5. The van der Waals surface area contributed by atoms with Gasteiger partial charge in [-0.05, 0) is 48.9 Å². The summed E-state index contributed by atoms with van der Waals surface area (Å²) < 4.78 is 31.3. The average molecular weight is 414 g/mol. The highest BCUT2D eigenvalue weighted by molar-refractivity contribution is 7.92. The van der Waals surface area contributed by atoms with Crippen molar-refractivity contribution in [3.05, 3.63) is 64.1 Å². The first kappa shape index (κ1) is 19.2. The molecule has 3 rings (SSSR count). The Balaban J connectivity index is 2.07. The largest absolute Gasteiger partial charge is 0.465 e. The van der Waals surface area contributed by atoms with Gasteiger partial charge in [-0.2, -0.15) is 0 Å². The molecular weight excluding hydrogens is 397 g/mol. The van der Waals surface area contributed by atoms with Crippen LogP contribution in [0.15, 0.2) is 53.4 Å². The van der Waals surface area contributed by atoms with Crippen LogP contribution in [0.5, 0.6) is 0 Å². The van der Waals surface area contributed by atoms with E-state index in [0.717, 1.165) is 0 Å². The van der Waals surface area contributed by atoms with E-state index in [1.54, 1.807) is 31.2 Å². The molecule has 138 valence electrons. The summed E-state index contributed by atoms with van der Waals surface area (Å²) in [5.41, 5.74) is 5.19. The van der Waals surface area contributed by atoms with Crippen molar-refractivity contribution >= 4 is 39.0 Å². The molecule has 0 aromatic heterocycles. The summed E-state index contributed by atoms with van der Waals surface area (Å²) in [5.74, 6) is -1.49. The Bertz CT molecular complexity index is 946. The molecule has 1 aliphatic carbocycles. The molecule has 8 heteroatoms. The van der Waals surface area contributed by atoms with Crippen molar-refractivity contribution in [2.24, 2.45) is 5.73 Å². The minimum absolute atomic E-state index is 0.0514. The van der Waals surface area contributed by atoms with Gasteiger partial charge in [-0.3, -0.25) is 0 Å². The molecule has 0 bridgehead atoms. The average Bonchev–Trinajstić information content (AvgIpc) is 3.24. The lowest BCUT2D eigenvalue weighted by atomic mass is 10.1. The van der Waals surface area contributed by atoms with Gasteiger partial charge < -0.3 is 10.5 Å². The summed E-state index contributed by atoms with van der Waals surface area (Å²) in [6, 6.07) is 12.4. The molecule has 5 nitrogen and oxygen atoms in total. The number of nitrogens with two attached hydrogens (primary N) is 1. The standard InChI is InChI=1S/C18H17Cl2NO4S/c1-2-25-17(22)18(21)15(11-4-3-5-13(20)10-11)16(18)26(23,24)14-8-6-12(19)7-9-14/h3-10,15-16H,2,21H2,1H3/t15-,16+,18-/m0/s1. The number of ether oxygens (including phenoxy) is 1. The van der Waals surface area contributed by atoms with Gasteiger partial charge in [0.15, 0.2) is 9.84 Å². The van der Waals surface area contributed by atoms with Crippen molar-refractivity contribution in [3.63, 3.8) is 0 Å². The second kappa shape index (κ2) is 6.85. The smallest absolute Gasteiger partial charge is 0.328 e. The number of benzene rings is 2. The topological polar surface area (TPSA) is 86.5 Å². The first-order valence-electron chi connectivity index (χ1n) is 7.94. The minimum atomic E-state index is -3.89. The number of esters is 1. The van der Waals surface area contributed by atoms with E-state index in [1.807, 2.05) is 0 Å². The molecule has 0 radical (unpaired) electrons. The number of halogens is 2. The molecule has 2 N–H and O–H groups in total. The van der Waals surface area contributed by atoms with Gasteiger partial charge in [-0.25, -0.2) is 13.2 Å². The lowest BCUT2D eigenvalue weighted by Gasteiger charge is -2.11. The summed E-state index contributed by atoms with van der Waals surface area (Å²) in [6.07, 6.45) is 0. The van der Waals surface area contributed by atoms with Crippen molar-refractivity contribution in [3.8, 4) is 0 Å². The SMILES string of the molecule is CCOC(=O)[C@@]1(N)[C@H](S(=O)(=O)c2ccc(Cl)cc2)[C@@H]1c1cccc(Cl)c1. The lowest BCUT2D eigenvalue weighted by molar-refractivity contribution is -0.145. The third-order valence-corrected chi connectivity index (χ3v) is 7.24. The molecule has 26 heavy (non-hydrogen) atoms. The molecular formula is C18H17Cl2NO4S. The maximum atomic E-state index is 13.1. The van der Waals surface area contributed by atoms with E-state index in [0.29, 0.717) is 15.6 Å². The Morgan fingerprint density at radius 3 is 2.38 bits per heavy atom. The van der Waals surface area contributed by atoms with Crippen molar-refractivity contribution in [1.29, 1.82) is 0 Å². The molecule has 0 unspecified atom stereocenters. The number of hydrogen-bond acceptors (Lipinski definition) is 5. The summed E-state index contributed by atoms with van der Waals surface area (Å²) in [7, 11) is -3.89. The summed E-state index contributed by atoms with van der Waals surface area (Å²) in [4.78, 5) is 12.5. The second-order valence-electron chi connectivity index (χ2n) is 6.11. The molecule has 2 aromatic rings. The number of sulfone groups is 1. The fourth-order valence-electron chi connectivity index (χ4n) is 3.23. The molecule has 2 aromatic carbocycles. The monoisotopic (exact) mass is 413 g/mol. The van der Waals surface area contributed by atoms with Crippen LogP contribution in [0, 0.1) is 0 Å². The lowest BCUT2D eigenvalue weighted by Crippen LogP contribution is -2.41. The third kappa shape index (κ3) is 3.11. The van der Waals surface area contributed by atoms with Gasteiger partial charge >= 0.3 is 5.97 Å². The molecule has 0 saturated heterocycles. The van der Waals surface area contributed by atoms with Crippen LogP contribution in [0.1, 0.15) is 18.4 Å². The van der Waals surface area contributed by atoms with Crippen molar-refractivity contribution < 1.29 is 17.9 Å². The van der Waals surface area contributed by atoms with Crippen molar-refractivity contribution in [2.75, 3.05) is 6.61 Å². The van der Waals surface area contributed by atoms with Crippen molar-refractivity contribution in [1.82, 2.24) is 0 Å². The van der Waals surface area contributed by atoms with Crippen LogP contribution in [-0.4, -0.2) is 31.8 Å². The molecule has 1 saturated carbocycles. The van der Waals surface area contributed by atoms with Gasteiger partial charge in [0.25, 0.3) is 0 Å². The minimum Gasteiger partial charge on any atom is -0.465 e. The number of hydrogen-bond donors (Lipinski definition) is 1. The second-order valence-corrected chi connectivity index (χ2v) is 9.05. The van der Waals surface area contributed by atoms with Gasteiger partial charge in [0, 0.05) is 16.0 Å². The highest BCUT2D eigenvalue weighted by Gasteiger charge is 2.74. The van der Waals surface area contributed by atoms with E-state index in [4.69, 9.17) is 33.7 Å². The van der Waals surface area contributed by atoms with Crippen LogP contribution in [0.25, 0.3) is 0 Å². The van der Waals surface area contributed by atoms with E-state index in [-0.39, 0.29) is 11.5 Å². The predicted molar refractivity (Wildman–Crippen MR) is 100 cm³/mol. The van der Waals surface area contributed by atoms with Gasteiger partial charge in [0.05, 0.1) is 11.5 Å². The van der Waals surface area contributed by atoms with Gasteiger partial charge in [0.2, 0.25) is 0 Å². The molecule has 0 amide bonds. The maximum absolute atomic E-state index is 13.1. The van der Waals surface area contributed by atoms with Crippen LogP contribution >= 0.6 is 23.2 Å². The fraction of sp³-hybridized carbons (Fsp3) is 0.278. The van der Waals surface area contributed by atoms with Crippen LogP contribution in [-0.2, 0) is 19.4 Å². The Labute approximate surface area is 162 Å². The molecule has 0 spiro atoms. The molecule has 1 fully saturated rings. The fourth-order valence-corrected chi connectivity index (χ4v) is 5.78. The van der Waals surface area contributed by atoms with Gasteiger partial charge in [-0.1, -0.05) is 35.3 Å². The zero-order valence-electron chi connectivity index (χ0n) is 13.9. The van der Waals surface area contributed by atoms with Crippen LogP contribution < -0.4 is 5.73 Å². The van der Waals surface area contributed by atoms with E-state index in [2.05, 4.69) is 0 Å². The maximum Gasteiger partial charge on any atom is 0.328 e. The number of carbonyl (C=O) groups is 1. The predicted octanol–water partition coefficient (Wildman–Crippen LogP) is 3.19.